The quantitative estimate of drug-likeness (QED) is 0.324. The fourth-order valence-corrected chi connectivity index (χ4v) is 5.35. The van der Waals surface area contributed by atoms with Crippen molar-refractivity contribution in [2.45, 2.75) is 69.1 Å². The highest BCUT2D eigenvalue weighted by molar-refractivity contribution is 8.01. The van der Waals surface area contributed by atoms with Crippen LogP contribution in [-0.2, 0) is 35.0 Å². The van der Waals surface area contributed by atoms with Crippen LogP contribution >= 0.6 is 11.8 Å². The number of amides is 2. The number of fused-ring (bicyclic) bond motifs is 1. The Morgan fingerprint density at radius 3 is 2.61 bits per heavy atom. The van der Waals surface area contributed by atoms with E-state index in [2.05, 4.69) is 5.32 Å². The fraction of sp³-hybridized carbons (Fsp3) is 0.571. The van der Waals surface area contributed by atoms with Gasteiger partial charge in [-0.15, -0.1) is 11.8 Å². The molecule has 1 aromatic rings. The van der Waals surface area contributed by atoms with Gasteiger partial charge in [0.25, 0.3) is 6.48 Å². The minimum atomic E-state index is -1.51. The Morgan fingerprint density at radius 1 is 1.29 bits per heavy atom. The van der Waals surface area contributed by atoms with Crippen LogP contribution in [0.3, 0.4) is 0 Å². The summed E-state index contributed by atoms with van der Waals surface area (Å²) < 4.78 is 14.6. The monoisotopic (exact) mass is 452 g/mol. The topological polar surface area (TPSA) is 114 Å². The van der Waals surface area contributed by atoms with Crippen LogP contribution in [0.2, 0.25) is 0 Å². The third-order valence-corrected chi connectivity index (χ3v) is 6.66. The molecule has 5 atom stereocenters. The molecule has 0 spiro atoms. The van der Waals surface area contributed by atoms with Gasteiger partial charge in [-0.2, -0.15) is 0 Å². The minimum absolute atomic E-state index is 0.174. The van der Waals surface area contributed by atoms with Gasteiger partial charge >= 0.3 is 5.97 Å². The maximum Gasteiger partial charge on any atom is 0.332 e. The molecule has 2 amide bonds. The largest absolute Gasteiger partial charge is 0.434 e. The highest BCUT2D eigenvalue weighted by atomic mass is 32.2. The average Bonchev–Trinajstić information content (AvgIpc) is 2.95. The van der Waals surface area contributed by atoms with E-state index in [9.17, 15) is 19.5 Å². The van der Waals surface area contributed by atoms with E-state index in [0.717, 1.165) is 5.56 Å². The normalized spacial score (nSPS) is 25.9. The summed E-state index contributed by atoms with van der Waals surface area (Å²) in [6.45, 7) is 5.55. The lowest BCUT2D eigenvalue weighted by atomic mass is 9.96. The van der Waals surface area contributed by atoms with Gasteiger partial charge in [0, 0.05) is 11.4 Å². The molecule has 10 heteroatoms. The first-order valence-electron chi connectivity index (χ1n) is 10.1. The van der Waals surface area contributed by atoms with Gasteiger partial charge in [0.2, 0.25) is 18.1 Å². The predicted molar refractivity (Wildman–Crippen MR) is 112 cm³/mol. The van der Waals surface area contributed by atoms with Gasteiger partial charge in [-0.25, -0.2) is 4.79 Å². The molecule has 2 heterocycles. The van der Waals surface area contributed by atoms with Gasteiger partial charge in [0.05, 0.1) is 6.42 Å². The molecular formula is C21H28N2O7S. The van der Waals surface area contributed by atoms with Crippen LogP contribution in [0, 0.1) is 0 Å². The zero-order valence-electron chi connectivity index (χ0n) is 17.9. The van der Waals surface area contributed by atoms with Crippen LogP contribution in [0.1, 0.15) is 33.3 Å². The van der Waals surface area contributed by atoms with E-state index in [1.165, 1.54) is 23.6 Å². The van der Waals surface area contributed by atoms with Gasteiger partial charge in [-0.3, -0.25) is 14.3 Å². The van der Waals surface area contributed by atoms with Crippen LogP contribution < -0.4 is 5.32 Å². The highest BCUT2D eigenvalue weighted by Gasteiger charge is 2.64. The first-order chi connectivity index (χ1) is 14.6. The summed E-state index contributed by atoms with van der Waals surface area (Å²) in [6.07, 6.45) is -0.889. The maximum absolute atomic E-state index is 12.8. The minimum Gasteiger partial charge on any atom is -0.434 e. The zero-order chi connectivity index (χ0) is 22.8. The third-order valence-electron chi connectivity index (χ3n) is 5.09. The lowest BCUT2D eigenvalue weighted by Crippen LogP contribution is -2.71. The van der Waals surface area contributed by atoms with Crippen molar-refractivity contribution in [2.24, 2.45) is 0 Å². The number of hydrogen-bond donors (Lipinski definition) is 2. The van der Waals surface area contributed by atoms with Crippen LogP contribution in [0.4, 0.5) is 0 Å². The Morgan fingerprint density at radius 2 is 1.97 bits per heavy atom. The van der Waals surface area contributed by atoms with Crippen molar-refractivity contribution < 1.29 is 33.7 Å². The molecule has 1 aromatic carbocycles. The summed E-state index contributed by atoms with van der Waals surface area (Å²) >= 11 is 1.44. The van der Waals surface area contributed by atoms with E-state index >= 15 is 0 Å². The second-order valence-electron chi connectivity index (χ2n) is 7.87. The molecule has 31 heavy (non-hydrogen) atoms. The molecule has 9 nitrogen and oxygen atoms in total. The van der Waals surface area contributed by atoms with E-state index in [0.29, 0.717) is 0 Å². The van der Waals surface area contributed by atoms with E-state index in [1.807, 2.05) is 44.2 Å². The smallest absolute Gasteiger partial charge is 0.332 e. The average molecular weight is 453 g/mol. The molecule has 3 unspecified atom stereocenters. The van der Waals surface area contributed by atoms with Gasteiger partial charge in [0.15, 0.2) is 0 Å². The van der Waals surface area contributed by atoms with E-state index in [-0.39, 0.29) is 30.2 Å². The molecule has 0 radical (unpaired) electrons. The van der Waals surface area contributed by atoms with Crippen LogP contribution in [0.5, 0.6) is 0 Å². The molecule has 0 aromatic heterocycles. The number of ether oxygens (including phenoxy) is 3. The summed E-state index contributed by atoms with van der Waals surface area (Å²) in [6, 6.07) is 7.73. The van der Waals surface area contributed by atoms with Crippen LogP contribution in [0.25, 0.3) is 0 Å². The number of nitrogens with one attached hydrogen (secondary N) is 1. The van der Waals surface area contributed by atoms with Crippen molar-refractivity contribution in [3.8, 4) is 0 Å². The standard InChI is InChI=1S/C21H28N2O7S/c1-5-28-20(27)30-12(2)29-19(26)16-21(3,4)31-18-15(17(25)23(16)18)22-14(24)11-13-9-7-6-8-10-13/h6-10,12,15-16,18,20,27H,5,11H2,1-4H3,(H,22,24)/t12?,15-,16?,18?,20-/m1/s1. The van der Waals surface area contributed by atoms with Gasteiger partial charge in [-0.1, -0.05) is 30.3 Å². The van der Waals surface area contributed by atoms with Gasteiger partial charge in [-0.05, 0) is 33.3 Å². The predicted octanol–water partition coefficient (Wildman–Crippen LogP) is 0.994. The summed E-state index contributed by atoms with van der Waals surface area (Å²) in [7, 11) is 0. The Hall–Kier alpha value is -2.14. The lowest BCUT2D eigenvalue weighted by Gasteiger charge is -2.44. The maximum atomic E-state index is 12.8. The number of nitrogens with zero attached hydrogens (tertiary/aromatic N) is 1. The number of esters is 1. The molecule has 2 aliphatic heterocycles. The second kappa shape index (κ2) is 9.56. The third kappa shape index (κ3) is 5.20. The van der Waals surface area contributed by atoms with Gasteiger partial charge in [0.1, 0.15) is 17.5 Å². The summed E-state index contributed by atoms with van der Waals surface area (Å²) in [5.41, 5.74) is 0.854. The number of benzene rings is 1. The van der Waals surface area contributed by atoms with Crippen molar-refractivity contribution in [3.63, 3.8) is 0 Å². The van der Waals surface area contributed by atoms with E-state index < -0.39 is 35.6 Å². The number of rotatable bonds is 9. The first-order valence-corrected chi connectivity index (χ1v) is 11.0. The van der Waals surface area contributed by atoms with E-state index in [1.54, 1.807) is 6.92 Å². The molecule has 2 aliphatic rings. The highest BCUT2D eigenvalue weighted by Crippen LogP contribution is 2.51. The Labute approximate surface area is 185 Å². The van der Waals surface area contributed by atoms with Crippen molar-refractivity contribution in [1.82, 2.24) is 10.2 Å². The molecule has 3 rings (SSSR count). The number of aliphatic hydroxyl groups is 1. The Kier molecular flexibility index (Phi) is 7.25. The molecule has 0 bridgehead atoms. The summed E-state index contributed by atoms with van der Waals surface area (Å²) in [4.78, 5) is 39.4. The number of carbonyl (C=O) groups excluding carboxylic acids is 3. The molecule has 0 aliphatic carbocycles. The summed E-state index contributed by atoms with van der Waals surface area (Å²) in [5.74, 6) is -1.21. The molecule has 2 N–H and O–H groups in total. The zero-order valence-corrected chi connectivity index (χ0v) is 18.8. The van der Waals surface area contributed by atoms with Crippen molar-refractivity contribution in [1.29, 1.82) is 0 Å². The van der Waals surface area contributed by atoms with Crippen molar-refractivity contribution in [3.05, 3.63) is 35.9 Å². The van der Waals surface area contributed by atoms with Crippen molar-refractivity contribution in [2.75, 3.05) is 6.61 Å². The van der Waals surface area contributed by atoms with Crippen LogP contribution in [-0.4, -0.2) is 69.4 Å². The Bertz CT molecular complexity index is 819. The molecule has 2 fully saturated rings. The number of thioether (sulfide) groups is 1. The van der Waals surface area contributed by atoms with E-state index in [4.69, 9.17) is 14.2 Å². The molecule has 0 saturated carbocycles. The number of hydrogen-bond acceptors (Lipinski definition) is 8. The number of carbonyl (C=O) groups is 3. The Balaban J connectivity index is 1.60. The first kappa shape index (κ1) is 23.5. The molecule has 2 saturated heterocycles. The lowest BCUT2D eigenvalue weighted by molar-refractivity contribution is -0.313. The molecular weight excluding hydrogens is 424 g/mol. The van der Waals surface area contributed by atoms with Gasteiger partial charge < -0.3 is 24.8 Å². The summed E-state index contributed by atoms with van der Waals surface area (Å²) in [5, 5.41) is 12.0. The van der Waals surface area contributed by atoms with Crippen LogP contribution in [0.15, 0.2) is 30.3 Å². The number of aliphatic hydroxyl groups excluding tert-OH is 1. The fourth-order valence-electron chi connectivity index (χ4n) is 3.73. The SMILES string of the molecule is CCO[C@@H](O)OC(C)OC(=O)C1N2C(=O)[C@@H](NC(=O)Cc3ccccc3)C2SC1(C)C. The molecule has 170 valence electrons. The number of β-lactam (4-membered cyclic amide) rings is 1. The van der Waals surface area contributed by atoms with Crippen molar-refractivity contribution >= 4 is 29.5 Å². The second-order valence-corrected chi connectivity index (χ2v) is 9.64.